The first-order valence-corrected chi connectivity index (χ1v) is 7.94. The van der Waals surface area contributed by atoms with Crippen LogP contribution in [0.5, 0.6) is 0 Å². The Kier molecular flexibility index (Phi) is 3.23. The molecule has 0 atom stereocenters. The summed E-state index contributed by atoms with van der Waals surface area (Å²) in [6, 6.07) is 13.7. The number of amides is 1. The highest BCUT2D eigenvalue weighted by molar-refractivity contribution is 5.98. The average molecular weight is 318 g/mol. The van der Waals surface area contributed by atoms with Crippen molar-refractivity contribution in [3.63, 3.8) is 0 Å². The number of nitrogens with one attached hydrogen (secondary N) is 2. The van der Waals surface area contributed by atoms with Crippen molar-refractivity contribution in [3.8, 4) is 0 Å². The van der Waals surface area contributed by atoms with Gasteiger partial charge in [0.15, 0.2) is 0 Å². The predicted molar refractivity (Wildman–Crippen MR) is 95.4 cm³/mol. The highest BCUT2D eigenvalue weighted by Crippen LogP contribution is 2.35. The van der Waals surface area contributed by atoms with Gasteiger partial charge in [0.25, 0.3) is 0 Å². The van der Waals surface area contributed by atoms with Crippen LogP contribution in [-0.4, -0.2) is 15.9 Å². The van der Waals surface area contributed by atoms with Crippen molar-refractivity contribution < 1.29 is 4.79 Å². The van der Waals surface area contributed by atoms with Crippen LogP contribution in [0.3, 0.4) is 0 Å². The number of carbonyl (C=O) groups is 1. The van der Waals surface area contributed by atoms with Crippen LogP contribution >= 0.6 is 0 Å². The molecule has 0 unspecified atom stereocenters. The number of rotatable bonds is 2. The third-order valence-corrected chi connectivity index (χ3v) is 4.32. The Bertz CT molecular complexity index is 949. The first kappa shape index (κ1) is 14.6. The molecule has 1 aromatic heterocycles. The minimum absolute atomic E-state index is 0.0658. The number of carbonyl (C=O) groups excluding carboxylic acids is 1. The molecule has 5 heteroatoms. The first-order valence-electron chi connectivity index (χ1n) is 7.94. The van der Waals surface area contributed by atoms with E-state index in [2.05, 4.69) is 26.7 Å². The van der Waals surface area contributed by atoms with Gasteiger partial charge in [0.1, 0.15) is 5.82 Å². The van der Waals surface area contributed by atoms with Crippen molar-refractivity contribution in [3.05, 3.63) is 54.2 Å². The summed E-state index contributed by atoms with van der Waals surface area (Å²) in [5, 5.41) is 6.27. The van der Waals surface area contributed by atoms with Gasteiger partial charge in [-0.3, -0.25) is 9.78 Å². The first-order chi connectivity index (χ1) is 11.5. The van der Waals surface area contributed by atoms with Crippen LogP contribution in [0.4, 0.5) is 17.2 Å². The van der Waals surface area contributed by atoms with Crippen molar-refractivity contribution in [2.75, 3.05) is 10.6 Å². The molecule has 0 saturated carbocycles. The summed E-state index contributed by atoms with van der Waals surface area (Å²) in [4.78, 5) is 21.0. The molecule has 3 aromatic rings. The molecule has 120 valence electrons. The molecule has 24 heavy (non-hydrogen) atoms. The van der Waals surface area contributed by atoms with Crippen molar-refractivity contribution in [1.82, 2.24) is 9.97 Å². The quantitative estimate of drug-likeness (QED) is 0.752. The molecular weight excluding hydrogens is 300 g/mol. The van der Waals surface area contributed by atoms with Crippen molar-refractivity contribution >= 4 is 34.1 Å². The van der Waals surface area contributed by atoms with Crippen LogP contribution in [0.1, 0.15) is 19.4 Å². The fraction of sp³-hybridized carbons (Fsp3) is 0.211. The second-order valence-corrected chi connectivity index (χ2v) is 6.76. The maximum atomic E-state index is 12.0. The summed E-state index contributed by atoms with van der Waals surface area (Å²) >= 11 is 0. The maximum absolute atomic E-state index is 12.0. The maximum Gasteiger partial charge on any atom is 0.230 e. The zero-order valence-corrected chi connectivity index (χ0v) is 13.6. The Hall–Kier alpha value is -2.95. The molecule has 2 aromatic carbocycles. The topological polar surface area (TPSA) is 66.9 Å². The lowest BCUT2D eigenvalue weighted by molar-refractivity contribution is -0.124. The third-order valence-electron chi connectivity index (χ3n) is 4.32. The number of para-hydroxylation sites is 2. The second-order valence-electron chi connectivity index (χ2n) is 6.76. The van der Waals surface area contributed by atoms with Gasteiger partial charge < -0.3 is 10.6 Å². The molecule has 0 radical (unpaired) electrons. The number of aromatic nitrogens is 2. The smallest absolute Gasteiger partial charge is 0.230 e. The van der Waals surface area contributed by atoms with Gasteiger partial charge in [-0.1, -0.05) is 26.0 Å². The lowest BCUT2D eigenvalue weighted by Crippen LogP contribution is -2.37. The highest BCUT2D eigenvalue weighted by Gasteiger charge is 2.33. The van der Waals surface area contributed by atoms with Crippen molar-refractivity contribution in [2.45, 2.75) is 20.3 Å². The lowest BCUT2D eigenvalue weighted by atomic mass is 9.81. The van der Waals surface area contributed by atoms with Gasteiger partial charge in [0, 0.05) is 16.8 Å². The molecule has 1 amide bonds. The van der Waals surface area contributed by atoms with Gasteiger partial charge in [-0.05, 0) is 42.3 Å². The number of benzene rings is 2. The monoisotopic (exact) mass is 318 g/mol. The van der Waals surface area contributed by atoms with Gasteiger partial charge in [-0.15, -0.1) is 0 Å². The third kappa shape index (κ3) is 2.58. The van der Waals surface area contributed by atoms with E-state index in [-0.39, 0.29) is 5.91 Å². The normalized spacial score (nSPS) is 15.7. The summed E-state index contributed by atoms with van der Waals surface area (Å²) in [6.45, 7) is 3.92. The van der Waals surface area contributed by atoms with Gasteiger partial charge in [0.2, 0.25) is 5.91 Å². The van der Waals surface area contributed by atoms with Crippen LogP contribution in [0.25, 0.3) is 11.0 Å². The standard InChI is InChI=1S/C19H18N4O/c1-19(2)10-12-9-13(7-8-14(12)23-18(19)24)21-17-11-20-15-5-3-4-6-16(15)22-17/h3-9,11H,10H2,1-2H3,(H,21,22)(H,23,24). The van der Waals surface area contributed by atoms with Gasteiger partial charge in [-0.2, -0.15) is 0 Å². The summed E-state index contributed by atoms with van der Waals surface area (Å²) < 4.78 is 0. The van der Waals surface area contributed by atoms with Crippen LogP contribution in [0.15, 0.2) is 48.7 Å². The zero-order chi connectivity index (χ0) is 16.7. The minimum atomic E-state index is -0.394. The lowest BCUT2D eigenvalue weighted by Gasteiger charge is -2.30. The fourth-order valence-electron chi connectivity index (χ4n) is 2.95. The van der Waals surface area contributed by atoms with E-state index < -0.39 is 5.41 Å². The van der Waals surface area contributed by atoms with Crippen molar-refractivity contribution in [1.29, 1.82) is 0 Å². The number of nitrogens with zero attached hydrogens (tertiary/aromatic N) is 2. The van der Waals surface area contributed by atoms with Crippen LogP contribution in [0.2, 0.25) is 0 Å². The highest BCUT2D eigenvalue weighted by atomic mass is 16.2. The molecule has 0 fully saturated rings. The predicted octanol–water partition coefficient (Wildman–Crippen LogP) is 3.89. The summed E-state index contributed by atoms with van der Waals surface area (Å²) in [5.74, 6) is 0.767. The Morgan fingerprint density at radius 3 is 2.75 bits per heavy atom. The summed E-state index contributed by atoms with van der Waals surface area (Å²) in [5.41, 5.74) is 4.28. The fourth-order valence-corrected chi connectivity index (χ4v) is 2.95. The average Bonchev–Trinajstić information content (AvgIpc) is 2.56. The molecule has 0 spiro atoms. The Balaban J connectivity index is 1.64. The van der Waals surface area contributed by atoms with Crippen molar-refractivity contribution in [2.24, 2.45) is 5.41 Å². The molecule has 4 rings (SSSR count). The number of fused-ring (bicyclic) bond motifs is 2. The van der Waals surface area contributed by atoms with Crippen LogP contribution < -0.4 is 10.6 Å². The van der Waals surface area contributed by atoms with E-state index in [1.807, 2.05) is 50.2 Å². The summed E-state index contributed by atoms with van der Waals surface area (Å²) in [7, 11) is 0. The van der Waals surface area contributed by atoms with Gasteiger partial charge in [-0.25, -0.2) is 4.98 Å². The number of anilines is 3. The van der Waals surface area contributed by atoms with E-state index >= 15 is 0 Å². The Morgan fingerprint density at radius 1 is 1.12 bits per heavy atom. The second kappa shape index (κ2) is 5.30. The Labute approximate surface area is 140 Å². The van der Waals surface area contributed by atoms with E-state index in [4.69, 9.17) is 0 Å². The molecule has 0 saturated heterocycles. The van der Waals surface area contributed by atoms with Crippen LogP contribution in [0, 0.1) is 5.41 Å². The molecule has 5 nitrogen and oxygen atoms in total. The molecule has 1 aliphatic heterocycles. The number of hydrogen-bond acceptors (Lipinski definition) is 4. The van der Waals surface area contributed by atoms with E-state index in [1.54, 1.807) is 6.20 Å². The minimum Gasteiger partial charge on any atom is -0.339 e. The molecule has 2 N–H and O–H groups in total. The van der Waals surface area contributed by atoms with Gasteiger partial charge >= 0.3 is 0 Å². The number of hydrogen-bond donors (Lipinski definition) is 2. The molecule has 2 heterocycles. The SMILES string of the molecule is CC1(C)Cc2cc(Nc3cnc4ccccc4n3)ccc2NC1=O. The summed E-state index contributed by atoms with van der Waals surface area (Å²) in [6.07, 6.45) is 2.45. The Morgan fingerprint density at radius 2 is 1.92 bits per heavy atom. The zero-order valence-electron chi connectivity index (χ0n) is 13.6. The van der Waals surface area contributed by atoms with E-state index in [1.165, 1.54) is 0 Å². The molecule has 1 aliphatic rings. The van der Waals surface area contributed by atoms with E-state index in [0.29, 0.717) is 12.2 Å². The van der Waals surface area contributed by atoms with E-state index in [0.717, 1.165) is 28.0 Å². The van der Waals surface area contributed by atoms with E-state index in [9.17, 15) is 4.79 Å². The molecule has 0 aliphatic carbocycles. The molecule has 0 bridgehead atoms. The largest absolute Gasteiger partial charge is 0.339 e. The van der Waals surface area contributed by atoms with Gasteiger partial charge in [0.05, 0.1) is 17.2 Å². The van der Waals surface area contributed by atoms with Crippen LogP contribution in [-0.2, 0) is 11.2 Å². The molecular formula is C19H18N4O.